The van der Waals surface area contributed by atoms with Gasteiger partial charge in [0.25, 0.3) is 0 Å². The first kappa shape index (κ1) is 9.09. The second-order valence-corrected chi connectivity index (χ2v) is 5.71. The zero-order chi connectivity index (χ0) is 9.97. The van der Waals surface area contributed by atoms with E-state index in [1.165, 1.54) is 0 Å². The molecule has 0 aromatic rings. The fraction of sp³-hybridized carbons (Fsp3) is 1.00. The second-order valence-electron chi connectivity index (χ2n) is 5.71. The molecule has 4 bridgehead atoms. The minimum Gasteiger partial charge on any atom is -0.390 e. The minimum absolute atomic E-state index is 0.0122. The van der Waals surface area contributed by atoms with Crippen molar-refractivity contribution in [3.8, 4) is 0 Å². The van der Waals surface area contributed by atoms with E-state index < -0.39 is 0 Å². The number of nitrogens with two attached hydrogens (primary N) is 1. The maximum atomic E-state index is 10.3. The lowest BCUT2D eigenvalue weighted by molar-refractivity contribution is -0.120. The lowest BCUT2D eigenvalue weighted by atomic mass is 9.67. The van der Waals surface area contributed by atoms with Gasteiger partial charge < -0.3 is 10.8 Å². The van der Waals surface area contributed by atoms with Gasteiger partial charge in [-0.05, 0) is 0 Å². The summed E-state index contributed by atoms with van der Waals surface area (Å²) in [6.07, 6.45) is -0.333. The van der Waals surface area contributed by atoms with Crippen molar-refractivity contribution in [1.29, 1.82) is 0 Å². The van der Waals surface area contributed by atoms with Crippen LogP contribution in [0.25, 0.3) is 0 Å². The number of rotatable bonds is 0. The molecular weight excluding hydrogens is 178 g/mol. The Morgan fingerprint density at radius 1 is 1.14 bits per heavy atom. The van der Waals surface area contributed by atoms with E-state index in [4.69, 9.17) is 5.73 Å². The highest BCUT2D eigenvalue weighted by molar-refractivity contribution is 5.14. The summed E-state index contributed by atoms with van der Waals surface area (Å²) in [5.74, 6) is 0. The van der Waals surface area contributed by atoms with Crippen molar-refractivity contribution < 1.29 is 5.11 Å². The Morgan fingerprint density at radius 2 is 1.64 bits per heavy atom. The first-order valence-electron chi connectivity index (χ1n) is 5.44. The van der Waals surface area contributed by atoms with Crippen LogP contribution in [0.2, 0.25) is 0 Å². The molecule has 4 rings (SSSR count). The van der Waals surface area contributed by atoms with Crippen molar-refractivity contribution in [2.75, 3.05) is 39.3 Å². The lowest BCUT2D eigenvalue weighted by Crippen LogP contribution is -2.76. The first-order chi connectivity index (χ1) is 6.52. The van der Waals surface area contributed by atoms with Crippen molar-refractivity contribution in [2.24, 2.45) is 11.1 Å². The SMILES string of the molecule is CC12CN3CCN(C1)CC(N)(C3)C2O. The summed E-state index contributed by atoms with van der Waals surface area (Å²) in [6, 6.07) is 0. The molecule has 3 atom stereocenters. The summed E-state index contributed by atoms with van der Waals surface area (Å²) in [6.45, 7) is 8.12. The molecule has 14 heavy (non-hydrogen) atoms. The van der Waals surface area contributed by atoms with Crippen molar-refractivity contribution >= 4 is 0 Å². The van der Waals surface area contributed by atoms with Crippen molar-refractivity contribution in [2.45, 2.75) is 18.6 Å². The Morgan fingerprint density at radius 3 is 2.07 bits per heavy atom. The maximum Gasteiger partial charge on any atom is 0.0822 e. The Balaban J connectivity index is 2.05. The molecule has 3 N–H and O–H groups in total. The molecule has 4 heterocycles. The Labute approximate surface area is 84.7 Å². The summed E-state index contributed by atoms with van der Waals surface area (Å²) in [5.41, 5.74) is 5.92. The van der Waals surface area contributed by atoms with Crippen LogP contribution in [-0.2, 0) is 0 Å². The van der Waals surface area contributed by atoms with Gasteiger partial charge in [0.15, 0.2) is 0 Å². The summed E-state index contributed by atoms with van der Waals surface area (Å²) in [7, 11) is 0. The molecular formula is C10H19N3O. The van der Waals surface area contributed by atoms with Crippen LogP contribution in [0.1, 0.15) is 6.92 Å². The molecule has 4 heteroatoms. The number of fused-ring (bicyclic) bond motifs is 1. The van der Waals surface area contributed by atoms with E-state index in [1.807, 2.05) is 0 Å². The molecule has 80 valence electrons. The Kier molecular flexibility index (Phi) is 1.62. The van der Waals surface area contributed by atoms with Gasteiger partial charge in [0.05, 0.1) is 11.6 Å². The summed E-state index contributed by atoms with van der Waals surface area (Å²) >= 11 is 0. The fourth-order valence-electron chi connectivity index (χ4n) is 3.70. The number of hydrogen-bond acceptors (Lipinski definition) is 4. The van der Waals surface area contributed by atoms with Crippen molar-refractivity contribution in [1.82, 2.24) is 9.80 Å². The molecule has 4 aliphatic rings. The number of aliphatic hydroxyl groups excluding tert-OH is 1. The van der Waals surface area contributed by atoms with Crippen LogP contribution in [0, 0.1) is 5.41 Å². The van der Waals surface area contributed by atoms with Crippen LogP contribution in [0.4, 0.5) is 0 Å². The van der Waals surface area contributed by atoms with Crippen LogP contribution in [0.3, 0.4) is 0 Å². The Hall–Kier alpha value is -0.160. The fourth-order valence-corrected chi connectivity index (χ4v) is 3.70. The average Bonchev–Trinajstić information content (AvgIpc) is 2.28. The van der Waals surface area contributed by atoms with E-state index in [9.17, 15) is 5.11 Å². The van der Waals surface area contributed by atoms with Crippen LogP contribution in [-0.4, -0.2) is 65.8 Å². The van der Waals surface area contributed by atoms with E-state index in [1.54, 1.807) is 0 Å². The highest BCUT2D eigenvalue weighted by Crippen LogP contribution is 2.41. The highest BCUT2D eigenvalue weighted by Gasteiger charge is 2.57. The van der Waals surface area contributed by atoms with Gasteiger partial charge in [0, 0.05) is 44.7 Å². The van der Waals surface area contributed by atoms with Crippen LogP contribution in [0.15, 0.2) is 0 Å². The summed E-state index contributed by atoms with van der Waals surface area (Å²) in [4.78, 5) is 4.83. The predicted octanol–water partition coefficient (Wildman–Crippen LogP) is -1.30. The molecule has 4 aliphatic heterocycles. The number of aliphatic hydroxyl groups is 1. The van der Waals surface area contributed by atoms with Gasteiger partial charge >= 0.3 is 0 Å². The topological polar surface area (TPSA) is 52.7 Å². The predicted molar refractivity (Wildman–Crippen MR) is 53.9 cm³/mol. The van der Waals surface area contributed by atoms with E-state index in [-0.39, 0.29) is 17.1 Å². The first-order valence-corrected chi connectivity index (χ1v) is 5.44. The third-order valence-electron chi connectivity index (χ3n) is 4.14. The minimum atomic E-state index is -0.387. The van der Waals surface area contributed by atoms with Crippen LogP contribution in [0.5, 0.6) is 0 Å². The van der Waals surface area contributed by atoms with Gasteiger partial charge in [0.2, 0.25) is 0 Å². The van der Waals surface area contributed by atoms with Gasteiger partial charge in [-0.1, -0.05) is 6.92 Å². The number of piperidine rings is 2. The average molecular weight is 197 g/mol. The van der Waals surface area contributed by atoms with Gasteiger partial charge in [-0.2, -0.15) is 0 Å². The molecule has 0 aliphatic carbocycles. The normalized spacial score (nSPS) is 61.5. The number of hydrogen-bond donors (Lipinski definition) is 2. The molecule has 4 nitrogen and oxygen atoms in total. The molecule has 4 saturated heterocycles. The standard InChI is InChI=1S/C10H19N3O/c1-9-4-12-2-3-13(5-9)7-10(11,6-12)8(9)14/h8,14H,2-7,11H2,1H3. The van der Waals surface area contributed by atoms with Gasteiger partial charge in [-0.15, -0.1) is 0 Å². The quantitative estimate of drug-likeness (QED) is 0.506. The highest BCUT2D eigenvalue weighted by atomic mass is 16.3. The lowest BCUT2D eigenvalue weighted by Gasteiger charge is -2.56. The Bertz CT molecular complexity index is 230. The van der Waals surface area contributed by atoms with Gasteiger partial charge in [0.1, 0.15) is 0 Å². The van der Waals surface area contributed by atoms with Crippen molar-refractivity contribution in [3.05, 3.63) is 0 Å². The second kappa shape index (κ2) is 2.50. The molecule has 0 saturated carbocycles. The third-order valence-corrected chi connectivity index (χ3v) is 4.14. The molecule has 0 spiro atoms. The molecule has 0 amide bonds. The van der Waals surface area contributed by atoms with Crippen LogP contribution < -0.4 is 5.73 Å². The van der Waals surface area contributed by atoms with E-state index >= 15 is 0 Å². The molecule has 4 fully saturated rings. The molecule has 3 unspecified atom stereocenters. The smallest absolute Gasteiger partial charge is 0.0822 e. The third kappa shape index (κ3) is 1.03. The monoisotopic (exact) mass is 197 g/mol. The number of nitrogens with zero attached hydrogens (tertiary/aromatic N) is 2. The van der Waals surface area contributed by atoms with E-state index in [2.05, 4.69) is 16.7 Å². The largest absolute Gasteiger partial charge is 0.390 e. The van der Waals surface area contributed by atoms with E-state index in [0.717, 1.165) is 39.3 Å². The molecule has 0 aromatic heterocycles. The van der Waals surface area contributed by atoms with Gasteiger partial charge in [-0.3, -0.25) is 9.80 Å². The van der Waals surface area contributed by atoms with Crippen LogP contribution >= 0.6 is 0 Å². The maximum absolute atomic E-state index is 10.3. The zero-order valence-corrected chi connectivity index (χ0v) is 8.74. The summed E-state index contributed by atoms with van der Waals surface area (Å²) < 4.78 is 0. The van der Waals surface area contributed by atoms with E-state index in [0.29, 0.717) is 0 Å². The van der Waals surface area contributed by atoms with Crippen molar-refractivity contribution in [3.63, 3.8) is 0 Å². The summed E-state index contributed by atoms with van der Waals surface area (Å²) in [5, 5.41) is 10.3. The zero-order valence-electron chi connectivity index (χ0n) is 8.74. The molecule has 0 aromatic carbocycles. The molecule has 0 radical (unpaired) electrons. The van der Waals surface area contributed by atoms with Gasteiger partial charge in [-0.25, -0.2) is 0 Å².